The Balaban J connectivity index is 1.45. The Morgan fingerprint density at radius 1 is 0.846 bits per heavy atom. The van der Waals surface area contributed by atoms with Gasteiger partial charge in [-0.05, 0) is 60.7 Å². The Morgan fingerprint density at radius 2 is 1.46 bits per heavy atom. The molecule has 1 heterocycles. The molecular weight excluding hydrogens is 349 g/mol. The van der Waals surface area contributed by atoms with E-state index >= 15 is 0 Å². The minimum atomic E-state index is -0.385. The largest absolute Gasteiger partial charge is 0.323 e. The summed E-state index contributed by atoms with van der Waals surface area (Å²) in [6.07, 6.45) is 0. The van der Waals surface area contributed by atoms with Crippen LogP contribution in [0.3, 0.4) is 0 Å². The maximum absolute atomic E-state index is 12.9. The molecule has 0 unspecified atom stereocenters. The van der Waals surface area contributed by atoms with Crippen LogP contribution >= 0.6 is 11.3 Å². The van der Waals surface area contributed by atoms with Gasteiger partial charge in [0, 0.05) is 16.9 Å². The average molecular weight is 363 g/mol. The first-order valence-corrected chi connectivity index (χ1v) is 8.79. The van der Waals surface area contributed by atoms with Crippen molar-refractivity contribution in [1.29, 1.82) is 0 Å². The first kappa shape index (κ1) is 16.2. The van der Waals surface area contributed by atoms with Crippen LogP contribution in [0.4, 0.5) is 20.6 Å². The van der Waals surface area contributed by atoms with Gasteiger partial charge in [0.05, 0.1) is 10.2 Å². The molecule has 3 aromatic carbocycles. The van der Waals surface area contributed by atoms with E-state index in [0.29, 0.717) is 11.4 Å². The highest BCUT2D eigenvalue weighted by Gasteiger charge is 2.07. The molecular formula is C20H14FN3OS. The molecule has 0 saturated heterocycles. The number of benzene rings is 3. The van der Waals surface area contributed by atoms with E-state index in [0.717, 1.165) is 20.8 Å². The number of anilines is 2. The van der Waals surface area contributed by atoms with Crippen molar-refractivity contribution in [1.82, 2.24) is 4.98 Å². The highest BCUT2D eigenvalue weighted by atomic mass is 32.1. The predicted molar refractivity (Wildman–Crippen MR) is 104 cm³/mol. The number of nitrogens with one attached hydrogen (secondary N) is 2. The van der Waals surface area contributed by atoms with Crippen molar-refractivity contribution in [2.24, 2.45) is 0 Å². The van der Waals surface area contributed by atoms with Crippen molar-refractivity contribution in [2.45, 2.75) is 0 Å². The van der Waals surface area contributed by atoms with E-state index in [2.05, 4.69) is 15.6 Å². The molecule has 0 bridgehead atoms. The number of para-hydroxylation sites is 1. The Labute approximate surface area is 153 Å². The van der Waals surface area contributed by atoms with E-state index in [1.807, 2.05) is 48.5 Å². The summed E-state index contributed by atoms with van der Waals surface area (Å²) in [5, 5.41) is 6.34. The summed E-state index contributed by atoms with van der Waals surface area (Å²) >= 11 is 1.63. The summed E-state index contributed by atoms with van der Waals surface area (Å²) in [5.41, 5.74) is 3.16. The van der Waals surface area contributed by atoms with Crippen LogP contribution in [-0.4, -0.2) is 11.0 Å². The third-order valence-corrected chi connectivity index (χ3v) is 4.87. The van der Waals surface area contributed by atoms with Crippen LogP contribution < -0.4 is 10.6 Å². The zero-order valence-electron chi connectivity index (χ0n) is 13.6. The number of carbonyl (C=O) groups is 1. The molecule has 4 nitrogen and oxygen atoms in total. The van der Waals surface area contributed by atoms with Gasteiger partial charge in [0.15, 0.2) is 0 Å². The lowest BCUT2D eigenvalue weighted by atomic mass is 10.2. The number of carbonyl (C=O) groups excluding carboxylic acids is 1. The average Bonchev–Trinajstić information content (AvgIpc) is 3.08. The van der Waals surface area contributed by atoms with Crippen molar-refractivity contribution in [2.75, 3.05) is 10.6 Å². The van der Waals surface area contributed by atoms with Gasteiger partial charge in [-0.3, -0.25) is 0 Å². The van der Waals surface area contributed by atoms with Gasteiger partial charge < -0.3 is 10.6 Å². The molecule has 0 aliphatic carbocycles. The van der Waals surface area contributed by atoms with Crippen molar-refractivity contribution >= 4 is 39.0 Å². The van der Waals surface area contributed by atoms with Crippen molar-refractivity contribution < 1.29 is 9.18 Å². The number of rotatable bonds is 3. The second-order valence-electron chi connectivity index (χ2n) is 5.65. The number of urea groups is 1. The number of amides is 2. The number of aromatic nitrogens is 1. The number of halogens is 1. The van der Waals surface area contributed by atoms with Crippen LogP contribution in [0.2, 0.25) is 0 Å². The Hall–Kier alpha value is -3.25. The van der Waals surface area contributed by atoms with E-state index in [1.165, 1.54) is 24.3 Å². The summed E-state index contributed by atoms with van der Waals surface area (Å²) in [6.45, 7) is 0. The quantitative estimate of drug-likeness (QED) is 0.487. The fourth-order valence-corrected chi connectivity index (χ4v) is 3.49. The molecule has 4 rings (SSSR count). The van der Waals surface area contributed by atoms with Crippen LogP contribution in [0, 0.1) is 5.82 Å². The smallest absolute Gasteiger partial charge is 0.308 e. The number of hydrogen-bond donors (Lipinski definition) is 2. The van der Waals surface area contributed by atoms with E-state index < -0.39 is 0 Å². The van der Waals surface area contributed by atoms with Crippen LogP contribution in [0.15, 0.2) is 72.8 Å². The molecule has 2 N–H and O–H groups in total. The van der Waals surface area contributed by atoms with E-state index in [4.69, 9.17) is 0 Å². The van der Waals surface area contributed by atoms with Crippen LogP contribution in [0.25, 0.3) is 20.8 Å². The van der Waals surface area contributed by atoms with Gasteiger partial charge in [-0.25, -0.2) is 14.2 Å². The second-order valence-corrected chi connectivity index (χ2v) is 6.68. The summed E-state index contributed by atoms with van der Waals surface area (Å²) in [7, 11) is 0. The molecule has 0 aliphatic rings. The highest BCUT2D eigenvalue weighted by molar-refractivity contribution is 7.21. The Bertz CT molecular complexity index is 1030. The zero-order valence-corrected chi connectivity index (χ0v) is 14.4. The molecule has 1 aromatic heterocycles. The van der Waals surface area contributed by atoms with Crippen molar-refractivity contribution in [3.05, 3.63) is 78.6 Å². The maximum atomic E-state index is 12.9. The van der Waals surface area contributed by atoms with Gasteiger partial charge in [-0.1, -0.05) is 12.1 Å². The van der Waals surface area contributed by atoms with Gasteiger partial charge in [0.2, 0.25) is 0 Å². The standard InChI is InChI=1S/C20H14FN3OS/c21-14-7-11-16(12-8-14)23-20(25)22-15-9-5-13(6-10-15)19-24-17-3-1-2-4-18(17)26-19/h1-12H,(H2,22,23,25). The van der Waals surface area contributed by atoms with Gasteiger partial charge >= 0.3 is 6.03 Å². The molecule has 0 radical (unpaired) electrons. The molecule has 26 heavy (non-hydrogen) atoms. The lowest BCUT2D eigenvalue weighted by Gasteiger charge is -2.08. The fourth-order valence-electron chi connectivity index (χ4n) is 2.52. The van der Waals surface area contributed by atoms with E-state index in [9.17, 15) is 9.18 Å². The monoisotopic (exact) mass is 363 g/mol. The van der Waals surface area contributed by atoms with Gasteiger partial charge in [-0.15, -0.1) is 11.3 Å². The van der Waals surface area contributed by atoms with Gasteiger partial charge in [0.25, 0.3) is 0 Å². The predicted octanol–water partition coefficient (Wildman–Crippen LogP) is 5.75. The number of hydrogen-bond acceptors (Lipinski definition) is 3. The summed E-state index contributed by atoms with van der Waals surface area (Å²) in [4.78, 5) is 16.6. The fraction of sp³-hybridized carbons (Fsp3) is 0. The number of fused-ring (bicyclic) bond motifs is 1. The molecule has 0 aliphatic heterocycles. The van der Waals surface area contributed by atoms with Crippen molar-refractivity contribution in [3.8, 4) is 10.6 Å². The second kappa shape index (κ2) is 6.93. The molecule has 0 atom stereocenters. The zero-order chi connectivity index (χ0) is 17.9. The molecule has 128 valence electrons. The van der Waals surface area contributed by atoms with E-state index in [-0.39, 0.29) is 11.8 Å². The first-order chi connectivity index (χ1) is 12.7. The summed E-state index contributed by atoms with van der Waals surface area (Å²) < 4.78 is 14.0. The first-order valence-electron chi connectivity index (χ1n) is 7.97. The van der Waals surface area contributed by atoms with Crippen LogP contribution in [0.1, 0.15) is 0 Å². The third-order valence-electron chi connectivity index (χ3n) is 3.79. The minimum Gasteiger partial charge on any atom is -0.308 e. The van der Waals surface area contributed by atoms with Crippen molar-refractivity contribution in [3.63, 3.8) is 0 Å². The third kappa shape index (κ3) is 3.55. The SMILES string of the molecule is O=C(Nc1ccc(F)cc1)Nc1ccc(-c2nc3ccccc3s2)cc1. The lowest BCUT2D eigenvalue weighted by molar-refractivity contribution is 0.262. The number of thiazole rings is 1. The topological polar surface area (TPSA) is 54.0 Å². The molecule has 0 fully saturated rings. The van der Waals surface area contributed by atoms with Crippen LogP contribution in [0.5, 0.6) is 0 Å². The number of nitrogens with zero attached hydrogens (tertiary/aromatic N) is 1. The van der Waals surface area contributed by atoms with Crippen LogP contribution in [-0.2, 0) is 0 Å². The van der Waals surface area contributed by atoms with E-state index in [1.54, 1.807) is 11.3 Å². The van der Waals surface area contributed by atoms with Gasteiger partial charge in [-0.2, -0.15) is 0 Å². The molecule has 0 saturated carbocycles. The van der Waals surface area contributed by atoms with Gasteiger partial charge in [0.1, 0.15) is 10.8 Å². The molecule has 6 heteroatoms. The molecule has 4 aromatic rings. The molecule has 0 spiro atoms. The Kier molecular flexibility index (Phi) is 4.33. The highest BCUT2D eigenvalue weighted by Crippen LogP contribution is 2.30. The minimum absolute atomic E-state index is 0.346. The normalized spacial score (nSPS) is 10.7. The summed E-state index contributed by atoms with van der Waals surface area (Å²) in [6, 6.07) is 20.7. The molecule has 2 amide bonds. The summed E-state index contributed by atoms with van der Waals surface area (Å²) in [5.74, 6) is -0.346. The Morgan fingerprint density at radius 3 is 2.12 bits per heavy atom. The lowest BCUT2D eigenvalue weighted by Crippen LogP contribution is -2.19. The maximum Gasteiger partial charge on any atom is 0.323 e.